The molecule has 0 radical (unpaired) electrons. The van der Waals surface area contributed by atoms with Gasteiger partial charge in [-0.3, -0.25) is 9.52 Å². The molecule has 0 saturated heterocycles. The highest BCUT2D eigenvalue weighted by Crippen LogP contribution is 2.38. The van der Waals surface area contributed by atoms with Gasteiger partial charge in [-0.2, -0.15) is 0 Å². The summed E-state index contributed by atoms with van der Waals surface area (Å²) in [6, 6.07) is 11.6. The lowest BCUT2D eigenvalue weighted by Crippen LogP contribution is -2.15. The first-order valence-corrected chi connectivity index (χ1v) is 13.0. The van der Waals surface area contributed by atoms with Crippen molar-refractivity contribution < 1.29 is 23.1 Å². The first kappa shape index (κ1) is 26.7. The number of ether oxygens (including phenoxy) is 1. The quantitative estimate of drug-likeness (QED) is 0.388. The molecule has 1 heterocycles. The number of carboxylic acid groups (broad SMARTS) is 1. The second-order valence-electron chi connectivity index (χ2n) is 9.60. The highest BCUT2D eigenvalue weighted by Gasteiger charge is 2.23. The van der Waals surface area contributed by atoms with E-state index in [2.05, 4.69) is 9.71 Å². The molecule has 3 N–H and O–H groups in total. The number of benzene rings is 2. The number of aryl methyl sites for hydroxylation is 1. The summed E-state index contributed by atoms with van der Waals surface area (Å²) in [5.74, 6) is -0.590. The number of aromatic nitrogens is 1. The normalized spacial score (nSPS) is 12.1. The molecular weight excluding hydrogens is 480 g/mol. The van der Waals surface area contributed by atoms with Gasteiger partial charge in [-0.1, -0.05) is 39.0 Å². The standard InChI is InChI=1S/C27H30N2O6S/c1-16-7-12-21(25(30)28-16)19-13-18(24(35-5)23(14-19)27(2,3)4)9-8-17-10-11-20(29-36(6,33)34)15-22(17)26(31)32/h7-15,29H,1-6H3,(H,28,30)(H,31,32). The molecule has 2 aromatic carbocycles. The van der Waals surface area contributed by atoms with Gasteiger partial charge in [-0.05, 0) is 59.9 Å². The first-order valence-electron chi connectivity index (χ1n) is 11.2. The van der Waals surface area contributed by atoms with Crippen molar-refractivity contribution in [1.82, 2.24) is 4.98 Å². The minimum Gasteiger partial charge on any atom is -0.496 e. The number of nitrogens with one attached hydrogen (secondary N) is 2. The molecule has 0 spiro atoms. The maximum Gasteiger partial charge on any atom is 0.336 e. The van der Waals surface area contributed by atoms with Gasteiger partial charge in [0.2, 0.25) is 10.0 Å². The average Bonchev–Trinajstić information content (AvgIpc) is 2.75. The number of carboxylic acids is 1. The summed E-state index contributed by atoms with van der Waals surface area (Å²) in [5, 5.41) is 9.71. The fourth-order valence-electron chi connectivity index (χ4n) is 3.86. The van der Waals surface area contributed by atoms with Crippen LogP contribution in [0, 0.1) is 6.92 Å². The molecule has 0 fully saturated rings. The molecule has 3 rings (SSSR count). The fraction of sp³-hybridized carbons (Fsp3) is 0.259. The van der Waals surface area contributed by atoms with Crippen molar-refractivity contribution >= 4 is 33.8 Å². The molecule has 0 saturated carbocycles. The second kappa shape index (κ2) is 10.0. The van der Waals surface area contributed by atoms with E-state index in [4.69, 9.17) is 4.74 Å². The van der Waals surface area contributed by atoms with Crippen LogP contribution in [0.4, 0.5) is 5.69 Å². The van der Waals surface area contributed by atoms with E-state index in [0.717, 1.165) is 17.5 Å². The Morgan fingerprint density at radius 3 is 2.28 bits per heavy atom. The summed E-state index contributed by atoms with van der Waals surface area (Å²) in [5.41, 5.74) is 3.44. The molecule has 0 unspecified atom stereocenters. The molecule has 0 aliphatic heterocycles. The van der Waals surface area contributed by atoms with E-state index >= 15 is 0 Å². The Hall–Kier alpha value is -3.85. The van der Waals surface area contributed by atoms with Crippen LogP contribution in [0.25, 0.3) is 23.3 Å². The smallest absolute Gasteiger partial charge is 0.336 e. The van der Waals surface area contributed by atoms with Crippen LogP contribution >= 0.6 is 0 Å². The maximum atomic E-state index is 12.7. The number of hydrogen-bond acceptors (Lipinski definition) is 5. The van der Waals surface area contributed by atoms with Crippen molar-refractivity contribution in [3.63, 3.8) is 0 Å². The van der Waals surface area contributed by atoms with Crippen LogP contribution in [0.15, 0.2) is 47.3 Å². The summed E-state index contributed by atoms with van der Waals surface area (Å²) in [6.45, 7) is 7.93. The Morgan fingerprint density at radius 2 is 1.72 bits per heavy atom. The maximum absolute atomic E-state index is 12.7. The first-order chi connectivity index (χ1) is 16.7. The van der Waals surface area contributed by atoms with Crippen LogP contribution in [0.3, 0.4) is 0 Å². The van der Waals surface area contributed by atoms with Gasteiger partial charge in [-0.15, -0.1) is 0 Å². The van der Waals surface area contributed by atoms with Crippen molar-refractivity contribution in [3.8, 4) is 16.9 Å². The lowest BCUT2D eigenvalue weighted by molar-refractivity contribution is 0.0696. The molecule has 0 bridgehead atoms. The van der Waals surface area contributed by atoms with Crippen LogP contribution in [-0.4, -0.2) is 37.8 Å². The van der Waals surface area contributed by atoms with Crippen LogP contribution in [-0.2, 0) is 15.4 Å². The lowest BCUT2D eigenvalue weighted by atomic mass is 9.83. The zero-order valence-electron chi connectivity index (χ0n) is 21.1. The lowest BCUT2D eigenvalue weighted by Gasteiger charge is -2.24. The number of methoxy groups -OCH3 is 1. The summed E-state index contributed by atoms with van der Waals surface area (Å²) < 4.78 is 31.1. The van der Waals surface area contributed by atoms with Gasteiger partial charge >= 0.3 is 5.97 Å². The molecule has 9 heteroatoms. The van der Waals surface area contributed by atoms with Crippen molar-refractivity contribution in [1.29, 1.82) is 0 Å². The monoisotopic (exact) mass is 510 g/mol. The van der Waals surface area contributed by atoms with Crippen molar-refractivity contribution in [2.45, 2.75) is 33.1 Å². The molecule has 3 aromatic rings. The minimum absolute atomic E-state index is 0.0685. The molecule has 190 valence electrons. The van der Waals surface area contributed by atoms with Gasteiger partial charge in [0.05, 0.1) is 18.9 Å². The summed E-state index contributed by atoms with van der Waals surface area (Å²) in [6.07, 6.45) is 4.35. The van der Waals surface area contributed by atoms with E-state index < -0.39 is 16.0 Å². The number of aromatic amines is 1. The highest BCUT2D eigenvalue weighted by molar-refractivity contribution is 7.92. The second-order valence-corrected chi connectivity index (χ2v) is 11.3. The van der Waals surface area contributed by atoms with Crippen molar-refractivity contribution in [2.24, 2.45) is 0 Å². The Labute approximate surface area is 210 Å². The number of rotatable bonds is 7. The number of carbonyl (C=O) groups is 1. The minimum atomic E-state index is -3.56. The van der Waals surface area contributed by atoms with Crippen LogP contribution < -0.4 is 15.0 Å². The molecular formula is C27H30N2O6S. The van der Waals surface area contributed by atoms with Gasteiger partial charge in [-0.25, -0.2) is 13.2 Å². The zero-order chi connectivity index (χ0) is 26.8. The van der Waals surface area contributed by atoms with Gasteiger partial charge in [0.25, 0.3) is 5.56 Å². The van der Waals surface area contributed by atoms with Crippen LogP contribution in [0.5, 0.6) is 5.75 Å². The van der Waals surface area contributed by atoms with E-state index in [0.29, 0.717) is 28.0 Å². The predicted octanol–water partition coefficient (Wildman–Crippen LogP) is 4.90. The van der Waals surface area contributed by atoms with E-state index in [1.54, 1.807) is 25.3 Å². The number of hydrogen-bond donors (Lipinski definition) is 3. The third kappa shape index (κ3) is 6.23. The van der Waals surface area contributed by atoms with Crippen molar-refractivity contribution in [2.75, 3.05) is 18.1 Å². The fourth-order valence-corrected chi connectivity index (χ4v) is 4.41. The number of anilines is 1. The van der Waals surface area contributed by atoms with Crippen LogP contribution in [0.1, 0.15) is 53.5 Å². The average molecular weight is 511 g/mol. The highest BCUT2D eigenvalue weighted by atomic mass is 32.2. The van der Waals surface area contributed by atoms with E-state index in [1.165, 1.54) is 18.2 Å². The van der Waals surface area contributed by atoms with Gasteiger partial charge in [0.15, 0.2) is 0 Å². The molecule has 8 nitrogen and oxygen atoms in total. The summed E-state index contributed by atoms with van der Waals surface area (Å²) >= 11 is 0. The zero-order valence-corrected chi connectivity index (χ0v) is 21.9. The molecule has 0 aliphatic rings. The van der Waals surface area contributed by atoms with E-state index in [1.807, 2.05) is 45.9 Å². The molecule has 0 amide bonds. The SMILES string of the molecule is COc1c(C=Cc2ccc(NS(C)(=O)=O)cc2C(=O)O)cc(-c2ccc(C)[nH]c2=O)cc1C(C)(C)C. The Bertz CT molecular complexity index is 1510. The Kier molecular flexibility index (Phi) is 7.45. The molecule has 0 atom stereocenters. The number of H-pyrrole nitrogens is 1. The summed E-state index contributed by atoms with van der Waals surface area (Å²) in [4.78, 5) is 27.4. The van der Waals surface area contributed by atoms with Gasteiger partial charge < -0.3 is 14.8 Å². The van der Waals surface area contributed by atoms with Crippen LogP contribution in [0.2, 0.25) is 0 Å². The van der Waals surface area contributed by atoms with E-state index in [9.17, 15) is 23.1 Å². The van der Waals surface area contributed by atoms with Crippen molar-refractivity contribution in [3.05, 3.63) is 80.8 Å². The van der Waals surface area contributed by atoms with Gasteiger partial charge in [0, 0.05) is 28.1 Å². The predicted molar refractivity (Wildman–Crippen MR) is 143 cm³/mol. The number of sulfonamides is 1. The third-order valence-corrected chi connectivity index (χ3v) is 6.13. The molecule has 0 aliphatic carbocycles. The Morgan fingerprint density at radius 1 is 1.06 bits per heavy atom. The largest absolute Gasteiger partial charge is 0.496 e. The molecule has 36 heavy (non-hydrogen) atoms. The third-order valence-electron chi connectivity index (χ3n) is 5.53. The van der Waals surface area contributed by atoms with Gasteiger partial charge in [0.1, 0.15) is 5.75 Å². The molecule has 1 aromatic heterocycles. The number of aromatic carboxylic acids is 1. The summed E-state index contributed by atoms with van der Waals surface area (Å²) in [7, 11) is -1.99. The van der Waals surface area contributed by atoms with E-state index in [-0.39, 0.29) is 22.2 Å². The number of pyridine rings is 1. The topological polar surface area (TPSA) is 126 Å². The Balaban J connectivity index is 2.19.